The van der Waals surface area contributed by atoms with Crippen molar-refractivity contribution in [2.24, 2.45) is 11.8 Å². The van der Waals surface area contributed by atoms with Crippen molar-refractivity contribution >= 4 is 0 Å². The van der Waals surface area contributed by atoms with Gasteiger partial charge < -0.3 is 5.32 Å². The summed E-state index contributed by atoms with van der Waals surface area (Å²) in [5.41, 5.74) is 0. The SMILES string of the molecule is CC1CCCC(NC2CCCC2C)CC1. The molecule has 2 fully saturated rings. The molecule has 2 aliphatic rings. The van der Waals surface area contributed by atoms with Crippen molar-refractivity contribution in [3.63, 3.8) is 0 Å². The third-order valence-electron chi connectivity index (χ3n) is 4.57. The molecule has 2 aliphatic carbocycles. The zero-order valence-corrected chi connectivity index (χ0v) is 10.5. The van der Waals surface area contributed by atoms with Crippen LogP contribution in [0.4, 0.5) is 0 Å². The van der Waals surface area contributed by atoms with Crippen LogP contribution in [0, 0.1) is 11.8 Å². The monoisotopic (exact) mass is 209 g/mol. The fraction of sp³-hybridized carbons (Fsp3) is 1.00. The van der Waals surface area contributed by atoms with Crippen LogP contribution in [0.25, 0.3) is 0 Å². The smallest absolute Gasteiger partial charge is 0.00952 e. The van der Waals surface area contributed by atoms with E-state index in [2.05, 4.69) is 19.2 Å². The second kappa shape index (κ2) is 5.34. The summed E-state index contributed by atoms with van der Waals surface area (Å²) in [6, 6.07) is 1.67. The Morgan fingerprint density at radius 3 is 2.33 bits per heavy atom. The molecule has 1 nitrogen and oxygen atoms in total. The quantitative estimate of drug-likeness (QED) is 0.683. The van der Waals surface area contributed by atoms with Gasteiger partial charge in [0.2, 0.25) is 0 Å². The standard InChI is InChI=1S/C14H27N/c1-11-5-3-7-13(10-9-11)15-14-8-4-6-12(14)2/h11-15H,3-10H2,1-2H3. The summed E-state index contributed by atoms with van der Waals surface area (Å²) in [4.78, 5) is 0. The molecule has 1 heteroatoms. The van der Waals surface area contributed by atoms with E-state index in [4.69, 9.17) is 0 Å². The topological polar surface area (TPSA) is 12.0 Å². The van der Waals surface area contributed by atoms with Gasteiger partial charge in [0.05, 0.1) is 0 Å². The van der Waals surface area contributed by atoms with Gasteiger partial charge in [-0.1, -0.05) is 33.1 Å². The van der Waals surface area contributed by atoms with Crippen LogP contribution in [-0.4, -0.2) is 12.1 Å². The normalized spacial score (nSPS) is 42.8. The Kier molecular flexibility index (Phi) is 4.07. The van der Waals surface area contributed by atoms with Crippen LogP contribution in [0.2, 0.25) is 0 Å². The lowest BCUT2D eigenvalue weighted by Crippen LogP contribution is -2.39. The van der Waals surface area contributed by atoms with E-state index in [1.54, 1.807) is 0 Å². The molecule has 0 aromatic carbocycles. The van der Waals surface area contributed by atoms with Crippen molar-refractivity contribution in [2.45, 2.75) is 77.3 Å². The van der Waals surface area contributed by atoms with Crippen molar-refractivity contribution in [1.82, 2.24) is 5.32 Å². The molecule has 88 valence electrons. The highest BCUT2D eigenvalue weighted by Crippen LogP contribution is 2.28. The number of nitrogens with one attached hydrogen (secondary N) is 1. The largest absolute Gasteiger partial charge is 0.311 e. The van der Waals surface area contributed by atoms with Gasteiger partial charge >= 0.3 is 0 Å². The molecule has 0 radical (unpaired) electrons. The van der Waals surface area contributed by atoms with Gasteiger partial charge in [-0.15, -0.1) is 0 Å². The van der Waals surface area contributed by atoms with Crippen molar-refractivity contribution in [3.8, 4) is 0 Å². The molecule has 0 bridgehead atoms. The van der Waals surface area contributed by atoms with E-state index in [9.17, 15) is 0 Å². The van der Waals surface area contributed by atoms with Crippen LogP contribution in [0.1, 0.15) is 65.2 Å². The van der Waals surface area contributed by atoms with Crippen LogP contribution < -0.4 is 5.32 Å². The molecule has 0 amide bonds. The second-order valence-corrected chi connectivity index (χ2v) is 5.99. The van der Waals surface area contributed by atoms with E-state index in [-0.39, 0.29) is 0 Å². The summed E-state index contributed by atoms with van der Waals surface area (Å²) >= 11 is 0. The minimum atomic E-state index is 0.834. The molecule has 15 heavy (non-hydrogen) atoms. The summed E-state index contributed by atoms with van der Waals surface area (Å²) in [7, 11) is 0. The molecule has 2 rings (SSSR count). The molecule has 0 aliphatic heterocycles. The second-order valence-electron chi connectivity index (χ2n) is 5.99. The molecule has 4 atom stereocenters. The lowest BCUT2D eigenvalue weighted by Gasteiger charge is -2.24. The first-order valence-corrected chi connectivity index (χ1v) is 7.01. The lowest BCUT2D eigenvalue weighted by atomic mass is 10.0. The fourth-order valence-electron chi connectivity index (χ4n) is 3.35. The zero-order valence-electron chi connectivity index (χ0n) is 10.5. The molecule has 0 saturated heterocycles. The number of hydrogen-bond donors (Lipinski definition) is 1. The van der Waals surface area contributed by atoms with Crippen LogP contribution in [-0.2, 0) is 0 Å². The number of rotatable bonds is 2. The maximum absolute atomic E-state index is 3.93. The van der Waals surface area contributed by atoms with Gasteiger partial charge in [0, 0.05) is 12.1 Å². The molecular formula is C14H27N. The highest BCUT2D eigenvalue weighted by Gasteiger charge is 2.26. The first-order valence-electron chi connectivity index (χ1n) is 7.01. The van der Waals surface area contributed by atoms with Gasteiger partial charge in [-0.25, -0.2) is 0 Å². The van der Waals surface area contributed by atoms with Gasteiger partial charge in [0.15, 0.2) is 0 Å². The van der Waals surface area contributed by atoms with Crippen molar-refractivity contribution in [2.75, 3.05) is 0 Å². The molecule has 0 aromatic rings. The van der Waals surface area contributed by atoms with Gasteiger partial charge in [-0.3, -0.25) is 0 Å². The summed E-state index contributed by atoms with van der Waals surface area (Å²) in [6.07, 6.45) is 11.5. The first-order chi connectivity index (χ1) is 7.25. The highest BCUT2D eigenvalue weighted by molar-refractivity contribution is 4.84. The van der Waals surface area contributed by atoms with Crippen molar-refractivity contribution < 1.29 is 0 Å². The van der Waals surface area contributed by atoms with Crippen LogP contribution in [0.15, 0.2) is 0 Å². The van der Waals surface area contributed by atoms with E-state index in [1.807, 2.05) is 0 Å². The summed E-state index contributed by atoms with van der Waals surface area (Å²) < 4.78 is 0. The van der Waals surface area contributed by atoms with Gasteiger partial charge in [-0.2, -0.15) is 0 Å². The van der Waals surface area contributed by atoms with Crippen LogP contribution >= 0.6 is 0 Å². The molecule has 1 N–H and O–H groups in total. The predicted molar refractivity (Wildman–Crippen MR) is 66.0 cm³/mol. The van der Waals surface area contributed by atoms with E-state index < -0.39 is 0 Å². The average Bonchev–Trinajstić information content (AvgIpc) is 2.48. The molecule has 0 heterocycles. The van der Waals surface area contributed by atoms with E-state index >= 15 is 0 Å². The Bertz CT molecular complexity index is 190. The Balaban J connectivity index is 1.78. The lowest BCUT2D eigenvalue weighted by molar-refractivity contribution is 0.346. The summed E-state index contributed by atoms with van der Waals surface area (Å²) in [5.74, 6) is 1.89. The van der Waals surface area contributed by atoms with Gasteiger partial charge in [-0.05, 0) is 43.9 Å². The van der Waals surface area contributed by atoms with Crippen molar-refractivity contribution in [3.05, 3.63) is 0 Å². The summed E-state index contributed by atoms with van der Waals surface area (Å²) in [6.45, 7) is 4.84. The first kappa shape index (κ1) is 11.4. The predicted octanol–water partition coefficient (Wildman–Crippen LogP) is 3.73. The maximum atomic E-state index is 3.93. The summed E-state index contributed by atoms with van der Waals surface area (Å²) in [5, 5.41) is 3.93. The Morgan fingerprint density at radius 2 is 1.60 bits per heavy atom. The van der Waals surface area contributed by atoms with Gasteiger partial charge in [0.1, 0.15) is 0 Å². The van der Waals surface area contributed by atoms with Crippen molar-refractivity contribution in [1.29, 1.82) is 0 Å². The third-order valence-corrected chi connectivity index (χ3v) is 4.57. The van der Waals surface area contributed by atoms with E-state index in [0.717, 1.165) is 23.9 Å². The Morgan fingerprint density at radius 1 is 0.800 bits per heavy atom. The van der Waals surface area contributed by atoms with E-state index in [0.29, 0.717) is 0 Å². The fourth-order valence-corrected chi connectivity index (χ4v) is 3.35. The molecular weight excluding hydrogens is 182 g/mol. The molecule has 0 spiro atoms. The van der Waals surface area contributed by atoms with Crippen LogP contribution in [0.3, 0.4) is 0 Å². The molecule has 4 unspecified atom stereocenters. The third kappa shape index (κ3) is 3.21. The Hall–Kier alpha value is -0.0400. The Labute approximate surface area is 95.0 Å². The molecule has 2 saturated carbocycles. The maximum Gasteiger partial charge on any atom is 0.00952 e. The van der Waals surface area contributed by atoms with Crippen LogP contribution in [0.5, 0.6) is 0 Å². The average molecular weight is 209 g/mol. The van der Waals surface area contributed by atoms with E-state index in [1.165, 1.54) is 51.4 Å². The minimum Gasteiger partial charge on any atom is -0.311 e. The number of hydrogen-bond acceptors (Lipinski definition) is 1. The minimum absolute atomic E-state index is 0.834. The molecule has 0 aromatic heterocycles. The van der Waals surface area contributed by atoms with Gasteiger partial charge in [0.25, 0.3) is 0 Å². The highest BCUT2D eigenvalue weighted by atomic mass is 15.0. The zero-order chi connectivity index (χ0) is 10.7.